The fraction of sp³-hybridized carbons (Fsp3) is 0.0769. The van der Waals surface area contributed by atoms with Crippen LogP contribution >= 0.6 is 0 Å². The van der Waals surface area contributed by atoms with Crippen LogP contribution in [0.2, 0.25) is 0 Å². The number of aromatic nitrogens is 1. The molecule has 0 unspecified atom stereocenters. The molecule has 0 atom stereocenters. The van der Waals surface area contributed by atoms with Crippen molar-refractivity contribution in [3.8, 4) is 6.07 Å². The number of anilines is 2. The summed E-state index contributed by atoms with van der Waals surface area (Å²) in [5.74, 6) is 0. The van der Waals surface area contributed by atoms with Gasteiger partial charge in [-0.2, -0.15) is 5.26 Å². The van der Waals surface area contributed by atoms with Crippen molar-refractivity contribution in [2.24, 2.45) is 0 Å². The summed E-state index contributed by atoms with van der Waals surface area (Å²) in [6.07, 6.45) is 1.38. The molecule has 0 aliphatic carbocycles. The summed E-state index contributed by atoms with van der Waals surface area (Å²) in [4.78, 5) is 3.64. The van der Waals surface area contributed by atoms with Crippen LogP contribution in [-0.4, -0.2) is 20.4 Å². The van der Waals surface area contributed by atoms with E-state index in [2.05, 4.69) is 4.98 Å². The van der Waals surface area contributed by atoms with E-state index < -0.39 is 10.0 Å². The highest BCUT2D eigenvalue weighted by molar-refractivity contribution is 7.92. The standard InChI is InChI=1S/C13H12N4O2S/c1-17(11-6-4-10(15)5-7-11)20(18,19)13-3-2-8-16-12(13)9-14/h2-8H,15H2,1H3. The van der Waals surface area contributed by atoms with Crippen molar-refractivity contribution >= 4 is 21.4 Å². The molecule has 0 fully saturated rings. The Bertz CT molecular complexity index is 764. The summed E-state index contributed by atoms with van der Waals surface area (Å²) in [6, 6.07) is 11.0. The molecule has 6 nitrogen and oxygen atoms in total. The van der Waals surface area contributed by atoms with Crippen molar-refractivity contribution in [3.63, 3.8) is 0 Å². The number of pyridine rings is 1. The third kappa shape index (κ3) is 2.41. The Morgan fingerprint density at radius 3 is 2.50 bits per heavy atom. The minimum atomic E-state index is -3.84. The van der Waals surface area contributed by atoms with Crippen LogP contribution in [0.5, 0.6) is 0 Å². The molecule has 20 heavy (non-hydrogen) atoms. The molecule has 0 saturated carbocycles. The van der Waals surface area contributed by atoms with E-state index in [1.165, 1.54) is 25.4 Å². The van der Waals surface area contributed by atoms with E-state index in [1.54, 1.807) is 30.3 Å². The topological polar surface area (TPSA) is 100 Å². The number of hydrogen-bond acceptors (Lipinski definition) is 5. The molecule has 1 aromatic heterocycles. The third-order valence-corrected chi connectivity index (χ3v) is 4.59. The van der Waals surface area contributed by atoms with Crippen molar-refractivity contribution < 1.29 is 8.42 Å². The van der Waals surface area contributed by atoms with E-state index in [0.717, 1.165) is 4.31 Å². The molecule has 2 N–H and O–H groups in total. The molecule has 1 heterocycles. The molecule has 0 bridgehead atoms. The van der Waals surface area contributed by atoms with Crippen molar-refractivity contribution in [2.75, 3.05) is 17.1 Å². The lowest BCUT2D eigenvalue weighted by atomic mass is 10.3. The lowest BCUT2D eigenvalue weighted by Crippen LogP contribution is -2.27. The van der Waals surface area contributed by atoms with Crippen molar-refractivity contribution in [3.05, 3.63) is 48.3 Å². The Labute approximate surface area is 117 Å². The van der Waals surface area contributed by atoms with Gasteiger partial charge in [0.2, 0.25) is 0 Å². The predicted octanol–water partition coefficient (Wildman–Crippen LogP) is 1.36. The molecule has 7 heteroatoms. The first-order valence-corrected chi connectivity index (χ1v) is 7.10. The molecule has 0 spiro atoms. The number of nitrogen functional groups attached to an aromatic ring is 1. The summed E-state index contributed by atoms with van der Waals surface area (Å²) in [7, 11) is -2.43. The fourth-order valence-electron chi connectivity index (χ4n) is 1.65. The second-order valence-corrected chi connectivity index (χ2v) is 5.96. The first-order chi connectivity index (χ1) is 9.46. The van der Waals surface area contributed by atoms with Gasteiger partial charge in [0, 0.05) is 18.9 Å². The Morgan fingerprint density at radius 1 is 1.25 bits per heavy atom. The average Bonchev–Trinajstić information content (AvgIpc) is 2.47. The molecule has 102 valence electrons. The van der Waals surface area contributed by atoms with Crippen LogP contribution in [0.4, 0.5) is 11.4 Å². The molecular formula is C13H12N4O2S. The van der Waals surface area contributed by atoms with Gasteiger partial charge in [-0.3, -0.25) is 4.31 Å². The zero-order valence-electron chi connectivity index (χ0n) is 10.7. The number of sulfonamides is 1. The molecule has 1 aromatic carbocycles. The Balaban J connectivity index is 2.50. The van der Waals surface area contributed by atoms with Crippen LogP contribution in [0.3, 0.4) is 0 Å². The normalized spacial score (nSPS) is 10.8. The third-order valence-electron chi connectivity index (χ3n) is 2.77. The fourth-order valence-corrected chi connectivity index (χ4v) is 2.94. The number of benzene rings is 1. The van der Waals surface area contributed by atoms with Crippen LogP contribution in [0.1, 0.15) is 5.69 Å². The molecule has 0 amide bonds. The van der Waals surface area contributed by atoms with Gasteiger partial charge >= 0.3 is 0 Å². The Hall–Kier alpha value is -2.59. The van der Waals surface area contributed by atoms with E-state index in [0.29, 0.717) is 11.4 Å². The van der Waals surface area contributed by atoms with Crippen molar-refractivity contribution in [1.82, 2.24) is 4.98 Å². The highest BCUT2D eigenvalue weighted by Crippen LogP contribution is 2.23. The van der Waals surface area contributed by atoms with Gasteiger partial charge in [-0.1, -0.05) is 0 Å². The lowest BCUT2D eigenvalue weighted by Gasteiger charge is -2.19. The quantitative estimate of drug-likeness (QED) is 0.859. The van der Waals surface area contributed by atoms with Crippen LogP contribution < -0.4 is 10.0 Å². The van der Waals surface area contributed by atoms with Gasteiger partial charge in [0.25, 0.3) is 10.0 Å². The van der Waals surface area contributed by atoms with E-state index >= 15 is 0 Å². The molecule has 0 radical (unpaired) electrons. The summed E-state index contributed by atoms with van der Waals surface area (Å²) in [5, 5.41) is 8.96. The van der Waals surface area contributed by atoms with E-state index in [9.17, 15) is 8.42 Å². The molecule has 0 aliphatic heterocycles. The van der Waals surface area contributed by atoms with Crippen molar-refractivity contribution in [1.29, 1.82) is 5.26 Å². The zero-order chi connectivity index (χ0) is 14.8. The van der Waals surface area contributed by atoms with Crippen LogP contribution in [0.25, 0.3) is 0 Å². The first-order valence-electron chi connectivity index (χ1n) is 5.66. The highest BCUT2D eigenvalue weighted by atomic mass is 32.2. The number of nitrogens with two attached hydrogens (primary N) is 1. The number of rotatable bonds is 3. The zero-order valence-corrected chi connectivity index (χ0v) is 11.5. The maximum atomic E-state index is 12.5. The minimum Gasteiger partial charge on any atom is -0.399 e. The molecule has 2 rings (SSSR count). The smallest absolute Gasteiger partial charge is 0.266 e. The SMILES string of the molecule is CN(c1ccc(N)cc1)S(=O)(=O)c1cccnc1C#N. The Kier molecular flexibility index (Phi) is 3.59. The maximum absolute atomic E-state index is 12.5. The molecule has 2 aromatic rings. The van der Waals surface area contributed by atoms with Gasteiger partial charge in [-0.15, -0.1) is 0 Å². The highest BCUT2D eigenvalue weighted by Gasteiger charge is 2.24. The largest absolute Gasteiger partial charge is 0.399 e. The minimum absolute atomic E-state index is 0.123. The van der Waals surface area contributed by atoms with Gasteiger partial charge in [0.1, 0.15) is 11.0 Å². The molecule has 0 saturated heterocycles. The van der Waals surface area contributed by atoms with Gasteiger partial charge in [0.15, 0.2) is 5.69 Å². The summed E-state index contributed by atoms with van der Waals surface area (Å²) < 4.78 is 26.1. The summed E-state index contributed by atoms with van der Waals surface area (Å²) in [6.45, 7) is 0. The van der Waals surface area contributed by atoms with Crippen molar-refractivity contribution in [2.45, 2.75) is 4.90 Å². The lowest BCUT2D eigenvalue weighted by molar-refractivity contribution is 0.593. The Morgan fingerprint density at radius 2 is 1.90 bits per heavy atom. The van der Waals surface area contributed by atoms with E-state index in [4.69, 9.17) is 11.0 Å². The van der Waals surface area contributed by atoms with Gasteiger partial charge in [0.05, 0.1) is 5.69 Å². The second kappa shape index (κ2) is 5.19. The summed E-state index contributed by atoms with van der Waals surface area (Å²) >= 11 is 0. The molecule has 0 aliphatic rings. The van der Waals surface area contributed by atoms with Crippen LogP contribution in [-0.2, 0) is 10.0 Å². The second-order valence-electron chi connectivity index (χ2n) is 4.03. The van der Waals surface area contributed by atoms with Crippen LogP contribution in [0.15, 0.2) is 47.5 Å². The van der Waals surface area contributed by atoms with E-state index in [1.807, 2.05) is 0 Å². The summed E-state index contributed by atoms with van der Waals surface area (Å²) in [5.41, 5.74) is 6.43. The number of hydrogen-bond donors (Lipinski definition) is 1. The van der Waals surface area contributed by atoms with Crippen LogP contribution in [0, 0.1) is 11.3 Å². The monoisotopic (exact) mass is 288 g/mol. The maximum Gasteiger partial charge on any atom is 0.266 e. The van der Waals surface area contributed by atoms with E-state index in [-0.39, 0.29) is 10.6 Å². The van der Waals surface area contributed by atoms with Gasteiger partial charge in [-0.25, -0.2) is 13.4 Å². The van der Waals surface area contributed by atoms with Gasteiger partial charge in [-0.05, 0) is 36.4 Å². The predicted molar refractivity (Wildman–Crippen MR) is 75.4 cm³/mol. The first kappa shape index (κ1) is 13.8. The van der Waals surface area contributed by atoms with Gasteiger partial charge < -0.3 is 5.73 Å². The average molecular weight is 288 g/mol. The molecular weight excluding hydrogens is 276 g/mol. The number of nitrogens with zero attached hydrogens (tertiary/aromatic N) is 3. The number of nitriles is 1.